The third-order valence-corrected chi connectivity index (χ3v) is 5.63. The molecule has 2 rings (SSSR count). The van der Waals surface area contributed by atoms with Gasteiger partial charge >= 0.3 is 0 Å². The molecule has 0 spiro atoms. The van der Waals surface area contributed by atoms with Crippen molar-refractivity contribution in [1.82, 2.24) is 10.2 Å². The van der Waals surface area contributed by atoms with Gasteiger partial charge in [0.1, 0.15) is 0 Å². The first-order valence-corrected chi connectivity index (χ1v) is 8.77. The highest BCUT2D eigenvalue weighted by atomic mass is 16.5. The Hall–Kier alpha value is -0.120. The minimum atomic E-state index is 0.286. The summed E-state index contributed by atoms with van der Waals surface area (Å²) in [5.74, 6) is 0.969. The molecule has 1 heterocycles. The molecule has 2 aliphatic rings. The predicted octanol–water partition coefficient (Wildman–Crippen LogP) is 3.05. The summed E-state index contributed by atoms with van der Waals surface area (Å²) in [6, 6.07) is 0.635. The van der Waals surface area contributed by atoms with Crippen molar-refractivity contribution in [3.63, 3.8) is 0 Å². The van der Waals surface area contributed by atoms with E-state index in [2.05, 4.69) is 31.0 Å². The second-order valence-corrected chi connectivity index (χ2v) is 6.85. The first kappa shape index (κ1) is 16.3. The highest BCUT2D eigenvalue weighted by Crippen LogP contribution is 2.35. The van der Waals surface area contributed by atoms with Gasteiger partial charge < -0.3 is 10.1 Å². The molecule has 1 saturated heterocycles. The molecular formula is C17H34N2O. The second kappa shape index (κ2) is 7.77. The highest BCUT2D eigenvalue weighted by Gasteiger charge is 2.40. The van der Waals surface area contributed by atoms with Crippen LogP contribution in [0.4, 0.5) is 0 Å². The van der Waals surface area contributed by atoms with Crippen LogP contribution in [-0.4, -0.2) is 49.3 Å². The van der Waals surface area contributed by atoms with Gasteiger partial charge in [-0.3, -0.25) is 4.90 Å². The highest BCUT2D eigenvalue weighted by molar-refractivity contribution is 4.98. The molecule has 0 radical (unpaired) electrons. The van der Waals surface area contributed by atoms with Gasteiger partial charge in [-0.15, -0.1) is 0 Å². The van der Waals surface area contributed by atoms with Gasteiger partial charge in [0.2, 0.25) is 0 Å². The Balaban J connectivity index is 2.03. The van der Waals surface area contributed by atoms with Gasteiger partial charge in [-0.05, 0) is 38.6 Å². The van der Waals surface area contributed by atoms with Gasteiger partial charge in [-0.25, -0.2) is 0 Å². The molecule has 1 aliphatic carbocycles. The van der Waals surface area contributed by atoms with Crippen LogP contribution >= 0.6 is 0 Å². The molecule has 1 saturated carbocycles. The monoisotopic (exact) mass is 282 g/mol. The van der Waals surface area contributed by atoms with Gasteiger partial charge in [-0.1, -0.05) is 33.1 Å². The van der Waals surface area contributed by atoms with Gasteiger partial charge in [0.15, 0.2) is 0 Å². The summed E-state index contributed by atoms with van der Waals surface area (Å²) in [4.78, 5) is 2.68. The van der Waals surface area contributed by atoms with Gasteiger partial charge in [0.25, 0.3) is 0 Å². The zero-order valence-corrected chi connectivity index (χ0v) is 13.8. The van der Waals surface area contributed by atoms with Crippen molar-refractivity contribution in [2.24, 2.45) is 5.92 Å². The maximum absolute atomic E-state index is 5.55. The largest absolute Gasteiger partial charge is 0.379 e. The van der Waals surface area contributed by atoms with Crippen molar-refractivity contribution < 1.29 is 4.74 Å². The van der Waals surface area contributed by atoms with E-state index in [-0.39, 0.29) is 5.54 Å². The topological polar surface area (TPSA) is 24.5 Å². The van der Waals surface area contributed by atoms with Crippen molar-refractivity contribution in [3.05, 3.63) is 0 Å². The van der Waals surface area contributed by atoms with Crippen molar-refractivity contribution in [2.45, 2.75) is 70.9 Å². The van der Waals surface area contributed by atoms with Crippen molar-refractivity contribution >= 4 is 0 Å². The molecule has 0 bridgehead atoms. The van der Waals surface area contributed by atoms with E-state index in [1.165, 1.54) is 38.5 Å². The fourth-order valence-electron chi connectivity index (χ4n) is 3.70. The first-order valence-electron chi connectivity index (χ1n) is 8.77. The molecule has 2 atom stereocenters. The number of morpholine rings is 1. The lowest BCUT2D eigenvalue weighted by molar-refractivity contribution is -0.0370. The van der Waals surface area contributed by atoms with Crippen LogP contribution in [0.25, 0.3) is 0 Å². The number of hydrogen-bond acceptors (Lipinski definition) is 3. The number of hydrogen-bond donors (Lipinski definition) is 1. The Kier molecular flexibility index (Phi) is 6.31. The molecule has 118 valence electrons. The second-order valence-electron chi connectivity index (χ2n) is 6.85. The molecule has 3 heteroatoms. The summed E-state index contributed by atoms with van der Waals surface area (Å²) >= 11 is 0. The molecule has 0 aromatic carbocycles. The molecule has 0 amide bonds. The molecule has 1 N–H and O–H groups in total. The zero-order chi connectivity index (χ0) is 14.4. The van der Waals surface area contributed by atoms with Crippen LogP contribution in [0.3, 0.4) is 0 Å². The first-order chi connectivity index (χ1) is 9.70. The SMILES string of the molecule is CCCNC(CC1CCC1)C(C)(CC)N1CCOCC1. The fraction of sp³-hybridized carbons (Fsp3) is 1.00. The normalized spacial score (nSPS) is 25.9. The average molecular weight is 282 g/mol. The number of rotatable bonds is 8. The lowest BCUT2D eigenvalue weighted by atomic mass is 9.75. The van der Waals surface area contributed by atoms with E-state index in [9.17, 15) is 0 Å². The third kappa shape index (κ3) is 3.75. The summed E-state index contributed by atoms with van der Waals surface area (Å²) in [5.41, 5.74) is 0.286. The molecule has 0 aromatic heterocycles. The Labute approximate surface area is 125 Å². The van der Waals surface area contributed by atoms with Crippen LogP contribution in [0.15, 0.2) is 0 Å². The molecular weight excluding hydrogens is 248 g/mol. The van der Waals surface area contributed by atoms with Gasteiger partial charge in [0.05, 0.1) is 13.2 Å². The summed E-state index contributed by atoms with van der Waals surface area (Å²) in [7, 11) is 0. The smallest absolute Gasteiger partial charge is 0.0594 e. The van der Waals surface area contributed by atoms with Crippen LogP contribution in [0, 0.1) is 5.92 Å². The lowest BCUT2D eigenvalue weighted by Crippen LogP contribution is -2.62. The summed E-state index contributed by atoms with van der Waals surface area (Å²) in [6.07, 6.45) is 8.17. The van der Waals surface area contributed by atoms with Crippen LogP contribution in [0.2, 0.25) is 0 Å². The van der Waals surface area contributed by atoms with E-state index in [0.717, 1.165) is 38.8 Å². The van der Waals surface area contributed by atoms with Crippen LogP contribution in [-0.2, 0) is 4.74 Å². The maximum Gasteiger partial charge on any atom is 0.0594 e. The Morgan fingerprint density at radius 2 is 1.95 bits per heavy atom. The zero-order valence-electron chi connectivity index (χ0n) is 13.8. The molecule has 1 aliphatic heterocycles. The third-order valence-electron chi connectivity index (χ3n) is 5.63. The van der Waals surface area contributed by atoms with Gasteiger partial charge in [-0.2, -0.15) is 0 Å². The molecule has 2 unspecified atom stereocenters. The van der Waals surface area contributed by atoms with E-state index in [1.54, 1.807) is 0 Å². The lowest BCUT2D eigenvalue weighted by Gasteiger charge is -2.49. The minimum absolute atomic E-state index is 0.286. The number of nitrogens with one attached hydrogen (secondary N) is 1. The summed E-state index contributed by atoms with van der Waals surface area (Å²) in [5, 5.41) is 3.87. The summed E-state index contributed by atoms with van der Waals surface area (Å²) < 4.78 is 5.55. The minimum Gasteiger partial charge on any atom is -0.379 e. The number of nitrogens with zero attached hydrogens (tertiary/aromatic N) is 1. The Morgan fingerprint density at radius 1 is 1.25 bits per heavy atom. The van der Waals surface area contributed by atoms with Gasteiger partial charge in [0, 0.05) is 24.7 Å². The maximum atomic E-state index is 5.55. The fourth-order valence-corrected chi connectivity index (χ4v) is 3.70. The molecule has 3 nitrogen and oxygen atoms in total. The average Bonchev–Trinajstić information content (AvgIpc) is 2.45. The Bertz CT molecular complexity index is 274. The molecule has 2 fully saturated rings. The van der Waals surface area contributed by atoms with Crippen molar-refractivity contribution in [2.75, 3.05) is 32.8 Å². The van der Waals surface area contributed by atoms with Crippen LogP contribution in [0.5, 0.6) is 0 Å². The van der Waals surface area contributed by atoms with E-state index in [4.69, 9.17) is 4.74 Å². The number of ether oxygens (including phenoxy) is 1. The van der Waals surface area contributed by atoms with E-state index in [0.29, 0.717) is 6.04 Å². The van der Waals surface area contributed by atoms with Crippen molar-refractivity contribution in [3.8, 4) is 0 Å². The van der Waals surface area contributed by atoms with Crippen LogP contribution in [0.1, 0.15) is 59.3 Å². The molecule has 20 heavy (non-hydrogen) atoms. The molecule has 0 aromatic rings. The standard InChI is InChI=1S/C17H34N2O/c1-4-9-18-16(14-15-7-6-8-15)17(3,5-2)19-10-12-20-13-11-19/h15-16,18H,4-14H2,1-3H3. The Morgan fingerprint density at radius 3 is 2.45 bits per heavy atom. The van der Waals surface area contributed by atoms with Crippen LogP contribution < -0.4 is 5.32 Å². The predicted molar refractivity (Wildman–Crippen MR) is 85.1 cm³/mol. The van der Waals surface area contributed by atoms with E-state index in [1.807, 2.05) is 0 Å². The quantitative estimate of drug-likeness (QED) is 0.740. The van der Waals surface area contributed by atoms with Crippen molar-refractivity contribution in [1.29, 1.82) is 0 Å². The summed E-state index contributed by atoms with van der Waals surface area (Å²) in [6.45, 7) is 12.3. The van der Waals surface area contributed by atoms with E-state index < -0.39 is 0 Å². The van der Waals surface area contributed by atoms with E-state index >= 15 is 0 Å².